The van der Waals surface area contributed by atoms with E-state index in [4.69, 9.17) is 0 Å². The molecule has 0 bridgehead atoms. The quantitative estimate of drug-likeness (QED) is 0.176. The van der Waals surface area contributed by atoms with Crippen molar-refractivity contribution in [1.29, 1.82) is 10.5 Å². The first-order chi connectivity index (χ1) is 44.6. The van der Waals surface area contributed by atoms with Crippen molar-refractivity contribution in [3.8, 4) is 34.9 Å². The van der Waals surface area contributed by atoms with Crippen LogP contribution in [0.3, 0.4) is 0 Å². The average Bonchev–Trinajstić information content (AvgIpc) is 1.47. The fourth-order valence-corrected chi connectivity index (χ4v) is 20.0. The zero-order valence-electron chi connectivity index (χ0n) is 47.4. The summed E-state index contributed by atoms with van der Waals surface area (Å²) in [6.07, 6.45) is 0. The monoisotopic (exact) mass is 1210 g/mol. The smallest absolute Gasteiger partial charge is 0.103 e. The van der Waals surface area contributed by atoms with E-state index in [2.05, 4.69) is 273 Å². The molecule has 90 heavy (non-hydrogen) atoms. The van der Waals surface area contributed by atoms with Crippen LogP contribution >= 0.6 is 45.3 Å². The lowest BCUT2D eigenvalue weighted by molar-refractivity contribution is 1.01. The number of nitrogens with zero attached hydrogens (tertiary/aromatic N) is 6. The van der Waals surface area contributed by atoms with Crippen molar-refractivity contribution >= 4 is 213 Å². The molecule has 8 aromatic heterocycles. The van der Waals surface area contributed by atoms with Gasteiger partial charge in [-0.25, -0.2) is 0 Å². The Morgan fingerprint density at radius 2 is 0.422 bits per heavy atom. The molecule has 0 aliphatic carbocycles. The first-order valence-corrected chi connectivity index (χ1v) is 33.3. The summed E-state index contributed by atoms with van der Waals surface area (Å²) in [6, 6.07) is 94.5. The number of rotatable bonds is 4. The molecule has 6 nitrogen and oxygen atoms in total. The molecule has 0 aliphatic heterocycles. The van der Waals surface area contributed by atoms with E-state index >= 15 is 0 Å². The average molecular weight is 1210 g/mol. The summed E-state index contributed by atoms with van der Waals surface area (Å²) in [5.41, 5.74) is 11.1. The van der Waals surface area contributed by atoms with Gasteiger partial charge < -0.3 is 18.3 Å². The number of hydrogen-bond acceptors (Lipinski definition) is 6. The minimum atomic E-state index is 0.278. The number of nitriles is 2. The summed E-state index contributed by atoms with van der Waals surface area (Å²) in [6.45, 7) is 0. The molecular formula is C80H40N6S4. The fraction of sp³-hybridized carbons (Fsp3) is 0. The van der Waals surface area contributed by atoms with Gasteiger partial charge in [0.2, 0.25) is 0 Å². The molecule has 0 amide bonds. The molecule has 13 aromatic carbocycles. The van der Waals surface area contributed by atoms with Crippen LogP contribution < -0.4 is 0 Å². The zero-order valence-corrected chi connectivity index (χ0v) is 50.7. The van der Waals surface area contributed by atoms with Gasteiger partial charge in [0.05, 0.1) is 78.0 Å². The molecule has 0 spiro atoms. The van der Waals surface area contributed by atoms with Crippen LogP contribution in [0.1, 0.15) is 11.1 Å². The van der Waals surface area contributed by atoms with Gasteiger partial charge in [0.25, 0.3) is 0 Å². The topological polar surface area (TPSA) is 67.3 Å². The number of hydrogen-bond donors (Lipinski definition) is 0. The van der Waals surface area contributed by atoms with Crippen LogP contribution in [0.4, 0.5) is 0 Å². The predicted octanol–water partition coefficient (Wildman–Crippen LogP) is 23.3. The lowest BCUT2D eigenvalue weighted by atomic mass is 9.98. The van der Waals surface area contributed by atoms with Crippen molar-refractivity contribution < 1.29 is 0 Å². The van der Waals surface area contributed by atoms with Crippen LogP contribution in [0.25, 0.3) is 191 Å². The third-order valence-electron chi connectivity index (χ3n) is 19.2. The van der Waals surface area contributed by atoms with Gasteiger partial charge in [-0.15, -0.1) is 45.3 Å². The number of thiophene rings is 4. The molecule has 21 rings (SSSR count). The Hall–Kier alpha value is -11.1. The highest BCUT2D eigenvalue weighted by Crippen LogP contribution is 2.53. The molecule has 8 heterocycles. The third kappa shape index (κ3) is 6.32. The van der Waals surface area contributed by atoms with Gasteiger partial charge >= 0.3 is 0 Å². The van der Waals surface area contributed by atoms with E-state index in [0.717, 1.165) is 117 Å². The zero-order chi connectivity index (χ0) is 58.8. The predicted molar refractivity (Wildman–Crippen MR) is 385 cm³/mol. The molecule has 0 atom stereocenters. The van der Waals surface area contributed by atoms with Crippen LogP contribution in [0.15, 0.2) is 243 Å². The molecule has 0 radical (unpaired) electrons. The summed E-state index contributed by atoms with van der Waals surface area (Å²) >= 11 is 7.19. The summed E-state index contributed by atoms with van der Waals surface area (Å²) < 4.78 is 19.1. The fourth-order valence-electron chi connectivity index (χ4n) is 15.5. The van der Waals surface area contributed by atoms with E-state index in [1.165, 1.54) is 61.9 Å². The van der Waals surface area contributed by atoms with Gasteiger partial charge in [-0.3, -0.25) is 0 Å². The maximum atomic E-state index is 12.8. The molecule has 0 unspecified atom stereocenters. The normalized spacial score (nSPS) is 12.4. The first-order valence-electron chi connectivity index (χ1n) is 30.0. The lowest BCUT2D eigenvalue weighted by Crippen LogP contribution is -2.17. The van der Waals surface area contributed by atoms with Crippen LogP contribution in [0.5, 0.6) is 0 Å². The molecule has 21 aromatic rings. The van der Waals surface area contributed by atoms with Crippen molar-refractivity contribution in [2.24, 2.45) is 0 Å². The Bertz CT molecular complexity index is 6530. The van der Waals surface area contributed by atoms with Crippen LogP contribution in [-0.4, -0.2) is 18.3 Å². The maximum Gasteiger partial charge on any atom is 0.103 e. The van der Waals surface area contributed by atoms with Gasteiger partial charge in [0.15, 0.2) is 0 Å². The summed E-state index contributed by atoms with van der Waals surface area (Å²) in [4.78, 5) is 0. The largest absolute Gasteiger partial charge is 0.306 e. The van der Waals surface area contributed by atoms with Crippen molar-refractivity contribution in [3.05, 3.63) is 254 Å². The summed E-state index contributed by atoms with van der Waals surface area (Å²) in [5, 5.41) is 43.8. The van der Waals surface area contributed by atoms with Crippen LogP contribution in [0.2, 0.25) is 0 Å². The Morgan fingerprint density at radius 3 is 0.678 bits per heavy atom. The Labute approximate surface area is 526 Å². The van der Waals surface area contributed by atoms with Gasteiger partial charge in [-0.05, 0) is 97.1 Å². The van der Waals surface area contributed by atoms with Gasteiger partial charge in [-0.1, -0.05) is 146 Å². The second-order valence-corrected chi connectivity index (χ2v) is 28.0. The van der Waals surface area contributed by atoms with E-state index in [1.807, 2.05) is 22.7 Å². The molecule has 0 saturated carbocycles. The van der Waals surface area contributed by atoms with E-state index in [-0.39, 0.29) is 11.1 Å². The van der Waals surface area contributed by atoms with Crippen molar-refractivity contribution in [2.75, 3.05) is 0 Å². The standard InChI is InChI=1S/C80H40N6S4/c81-41-59-60(42-82)78(84-62-26-10-2-18-44(62)52-34-56-48-22-6-14-30-70(48)88-74(56)38-66(52)84)80(86-64-28-12-4-20-46(64)54-36-58-50-24-8-16-32-72(50)90-76(58)40-68(54)86)79(85-63-27-11-3-19-45(63)53-35-57-49-23-7-15-31-71(49)89-75(57)39-67(53)85)77(59)83-61-25-9-1-17-43(61)51-33-55-47-21-5-13-29-69(47)87-73(55)37-65(51)83/h1-40H. The van der Waals surface area contributed by atoms with E-state index < -0.39 is 0 Å². The first kappa shape index (κ1) is 49.0. The number of fused-ring (bicyclic) bond motifs is 24. The van der Waals surface area contributed by atoms with E-state index in [9.17, 15) is 10.5 Å². The van der Waals surface area contributed by atoms with Gasteiger partial charge in [0, 0.05) is 124 Å². The van der Waals surface area contributed by atoms with Crippen LogP contribution in [0, 0.1) is 22.7 Å². The molecule has 0 saturated heterocycles. The Balaban J connectivity index is 1.06. The summed E-state index contributed by atoms with van der Waals surface area (Å²) in [5.74, 6) is 0. The van der Waals surface area contributed by atoms with Crippen molar-refractivity contribution in [3.63, 3.8) is 0 Å². The number of aromatic nitrogens is 4. The second kappa shape index (κ2) is 17.8. The van der Waals surface area contributed by atoms with Crippen molar-refractivity contribution in [2.45, 2.75) is 0 Å². The van der Waals surface area contributed by atoms with Gasteiger partial charge in [-0.2, -0.15) is 10.5 Å². The maximum absolute atomic E-state index is 12.8. The van der Waals surface area contributed by atoms with Crippen molar-refractivity contribution in [1.82, 2.24) is 18.3 Å². The van der Waals surface area contributed by atoms with E-state index in [0.29, 0.717) is 11.4 Å². The second-order valence-electron chi connectivity index (χ2n) is 23.6. The molecule has 0 aliphatic rings. The van der Waals surface area contributed by atoms with E-state index in [1.54, 1.807) is 22.7 Å². The minimum absolute atomic E-state index is 0.278. The van der Waals surface area contributed by atoms with Crippen LogP contribution in [-0.2, 0) is 0 Å². The van der Waals surface area contributed by atoms with Gasteiger partial charge in [0.1, 0.15) is 12.1 Å². The highest BCUT2D eigenvalue weighted by molar-refractivity contribution is 7.27. The SMILES string of the molecule is N#Cc1c(C#N)c(-n2c3ccccc3c3cc4c(cc32)sc2ccccc24)c(-n2c3ccccc3c3cc4c(cc32)sc2ccccc24)c(-n2c3ccccc3c3cc4c(cc32)sc2ccccc24)c1-n1c2ccccc2c2cc3c(cc21)sc1ccccc13. The minimum Gasteiger partial charge on any atom is -0.306 e. The number of para-hydroxylation sites is 4. The lowest BCUT2D eigenvalue weighted by Gasteiger charge is -2.27. The molecular weight excluding hydrogens is 1170 g/mol. The molecule has 0 fully saturated rings. The molecule has 10 heteroatoms. The number of benzene rings is 13. The Morgan fingerprint density at radius 1 is 0.200 bits per heavy atom. The molecule has 414 valence electrons. The highest BCUT2D eigenvalue weighted by Gasteiger charge is 2.36. The Kier molecular flexibility index (Phi) is 9.69. The summed E-state index contributed by atoms with van der Waals surface area (Å²) in [7, 11) is 0. The molecule has 0 N–H and O–H groups in total. The third-order valence-corrected chi connectivity index (χ3v) is 23.7. The highest BCUT2D eigenvalue weighted by atomic mass is 32.1.